The Labute approximate surface area is 144 Å². The zero-order valence-electron chi connectivity index (χ0n) is 13.5. The molecule has 3 heterocycles. The first-order valence-electron chi connectivity index (χ1n) is 8.19. The molecule has 3 aliphatic heterocycles. The van der Waals surface area contributed by atoms with Gasteiger partial charge in [0.15, 0.2) is 0 Å². The van der Waals surface area contributed by atoms with Crippen molar-refractivity contribution in [3.8, 4) is 0 Å². The van der Waals surface area contributed by atoms with Crippen molar-refractivity contribution < 1.29 is 24.0 Å². The van der Waals surface area contributed by atoms with E-state index in [0.717, 1.165) is 18.6 Å². The van der Waals surface area contributed by atoms with E-state index >= 15 is 0 Å². The van der Waals surface area contributed by atoms with Crippen LogP contribution in [0.4, 0.5) is 4.79 Å². The van der Waals surface area contributed by atoms with Crippen molar-refractivity contribution in [1.29, 1.82) is 0 Å². The molecule has 132 valence electrons. The van der Waals surface area contributed by atoms with Gasteiger partial charge in [0, 0.05) is 37.3 Å². The van der Waals surface area contributed by atoms with Crippen LogP contribution in [0.5, 0.6) is 0 Å². The van der Waals surface area contributed by atoms with E-state index in [2.05, 4.69) is 5.32 Å². The van der Waals surface area contributed by atoms with Crippen LogP contribution >= 0.6 is 11.8 Å². The number of unbranched alkanes of at least 4 members (excludes halogenated alkanes) is 1. The fraction of sp³-hybridized carbons (Fsp3) is 0.733. The maximum Gasteiger partial charge on any atom is 0.333 e. The number of rotatable bonds is 6. The van der Waals surface area contributed by atoms with Crippen LogP contribution in [-0.4, -0.2) is 63.9 Å². The van der Waals surface area contributed by atoms with Crippen molar-refractivity contribution in [2.75, 3.05) is 12.8 Å². The summed E-state index contributed by atoms with van der Waals surface area (Å²) >= 11 is 1.86. The summed E-state index contributed by atoms with van der Waals surface area (Å²) in [6.45, 7) is 0. The number of nitrogens with one attached hydrogen (secondary N) is 1. The minimum absolute atomic E-state index is 0.0150. The highest BCUT2D eigenvalue weighted by Gasteiger charge is 2.46. The molecule has 0 aromatic heterocycles. The minimum Gasteiger partial charge on any atom is -0.332 e. The topological polar surface area (TPSA) is 96.0 Å². The fourth-order valence-corrected chi connectivity index (χ4v) is 4.96. The van der Waals surface area contributed by atoms with Gasteiger partial charge in [-0.15, -0.1) is 5.06 Å². The summed E-state index contributed by atoms with van der Waals surface area (Å²) in [5.74, 6) is -0.527. The van der Waals surface area contributed by atoms with Crippen molar-refractivity contribution in [2.45, 2.75) is 55.9 Å². The predicted octanol–water partition coefficient (Wildman–Crippen LogP) is 0.662. The quantitative estimate of drug-likeness (QED) is 0.427. The van der Waals surface area contributed by atoms with Gasteiger partial charge in [-0.05, 0) is 12.8 Å². The summed E-state index contributed by atoms with van der Waals surface area (Å²) < 4.78 is 0. The summed E-state index contributed by atoms with van der Waals surface area (Å²) in [5.41, 5.74) is 0. The van der Waals surface area contributed by atoms with Gasteiger partial charge < -0.3 is 15.1 Å². The summed E-state index contributed by atoms with van der Waals surface area (Å²) in [5, 5.41) is 3.97. The van der Waals surface area contributed by atoms with Crippen LogP contribution in [-0.2, 0) is 19.2 Å². The van der Waals surface area contributed by atoms with E-state index in [1.807, 2.05) is 18.8 Å². The molecule has 0 aromatic carbocycles. The molecule has 0 unspecified atom stereocenters. The van der Waals surface area contributed by atoms with E-state index in [4.69, 9.17) is 4.84 Å². The van der Waals surface area contributed by atoms with Gasteiger partial charge in [0.2, 0.25) is 0 Å². The first-order valence-corrected chi connectivity index (χ1v) is 9.24. The number of hydrogen-bond acceptors (Lipinski definition) is 6. The summed E-state index contributed by atoms with van der Waals surface area (Å²) in [6.07, 6.45) is 2.76. The molecular weight excluding hydrogens is 334 g/mol. The average molecular weight is 355 g/mol. The van der Waals surface area contributed by atoms with Gasteiger partial charge in [-0.1, -0.05) is 6.42 Å². The monoisotopic (exact) mass is 355 g/mol. The number of hydroxylamine groups is 2. The first kappa shape index (κ1) is 17.1. The van der Waals surface area contributed by atoms with Gasteiger partial charge in [-0.2, -0.15) is 11.8 Å². The van der Waals surface area contributed by atoms with Gasteiger partial charge in [0.05, 0.1) is 12.1 Å². The third kappa shape index (κ3) is 3.35. The standard InChI is InChI=1S/C15H21N3O5S/c1-17-9-8-24-10(14(9)16-15(17)22)4-2-3-5-13(21)23-18-11(19)6-7-12(18)20/h9-10,14H,2-8H2,1H3,(H,16,22)/t9-,10-,14-/m0/s1. The van der Waals surface area contributed by atoms with E-state index in [1.165, 1.54) is 0 Å². The van der Waals surface area contributed by atoms with Crippen molar-refractivity contribution in [1.82, 2.24) is 15.3 Å². The third-order valence-corrected chi connectivity index (χ3v) is 6.21. The molecule has 3 rings (SSSR count). The summed E-state index contributed by atoms with van der Waals surface area (Å²) in [4.78, 5) is 52.7. The number of fused-ring (bicyclic) bond motifs is 1. The van der Waals surface area contributed by atoms with Crippen molar-refractivity contribution >= 4 is 35.6 Å². The van der Waals surface area contributed by atoms with Crippen molar-refractivity contribution in [2.24, 2.45) is 0 Å². The van der Waals surface area contributed by atoms with Crippen molar-refractivity contribution in [3.05, 3.63) is 0 Å². The molecule has 3 fully saturated rings. The Morgan fingerprint density at radius 1 is 1.25 bits per heavy atom. The molecule has 0 radical (unpaired) electrons. The van der Waals surface area contributed by atoms with Crippen LogP contribution in [0, 0.1) is 0 Å². The number of thioether (sulfide) groups is 1. The fourth-order valence-electron chi connectivity index (χ4n) is 3.30. The van der Waals surface area contributed by atoms with Crippen LogP contribution in [0.2, 0.25) is 0 Å². The van der Waals surface area contributed by atoms with Crippen LogP contribution < -0.4 is 5.32 Å². The highest BCUT2D eigenvalue weighted by Crippen LogP contribution is 2.36. The van der Waals surface area contributed by atoms with E-state index in [9.17, 15) is 19.2 Å². The lowest BCUT2D eigenvalue weighted by Gasteiger charge is -2.17. The van der Waals surface area contributed by atoms with Gasteiger partial charge in [0.25, 0.3) is 11.8 Å². The second-order valence-electron chi connectivity index (χ2n) is 6.32. The first-order chi connectivity index (χ1) is 11.5. The van der Waals surface area contributed by atoms with E-state index < -0.39 is 17.8 Å². The highest BCUT2D eigenvalue weighted by atomic mass is 32.2. The molecule has 0 aromatic rings. The maximum absolute atomic E-state index is 11.7. The SMILES string of the molecule is CN1C(=O)N[C@@H]2[C@H](CCCCC(=O)ON3C(=O)CCC3=O)SC[C@@H]21. The minimum atomic E-state index is -0.551. The van der Waals surface area contributed by atoms with Crippen LogP contribution in [0.25, 0.3) is 0 Å². The van der Waals surface area contributed by atoms with Gasteiger partial charge in [-0.3, -0.25) is 9.59 Å². The van der Waals surface area contributed by atoms with E-state index in [-0.39, 0.29) is 37.4 Å². The number of amides is 4. The Kier molecular flexibility index (Phi) is 4.98. The number of carbonyl (C=O) groups is 4. The summed E-state index contributed by atoms with van der Waals surface area (Å²) in [7, 11) is 1.82. The average Bonchev–Trinajstić information content (AvgIpc) is 3.17. The second-order valence-corrected chi connectivity index (χ2v) is 7.59. The van der Waals surface area contributed by atoms with Gasteiger partial charge in [-0.25, -0.2) is 9.59 Å². The third-order valence-electron chi connectivity index (χ3n) is 4.72. The molecule has 4 amide bonds. The number of hydrogen-bond donors (Lipinski definition) is 1. The van der Waals surface area contributed by atoms with Gasteiger partial charge in [0.1, 0.15) is 0 Å². The van der Waals surface area contributed by atoms with Gasteiger partial charge >= 0.3 is 12.0 Å². The molecule has 9 heteroatoms. The lowest BCUT2D eigenvalue weighted by atomic mass is 10.0. The normalized spacial score (nSPS) is 29.2. The summed E-state index contributed by atoms with van der Waals surface area (Å²) in [6, 6.07) is 0.419. The zero-order valence-corrected chi connectivity index (χ0v) is 14.3. The number of likely N-dealkylation sites (N-methyl/N-ethyl adjacent to an activating group) is 1. The second kappa shape index (κ2) is 7.00. The largest absolute Gasteiger partial charge is 0.333 e. The van der Waals surface area contributed by atoms with Crippen LogP contribution in [0.15, 0.2) is 0 Å². The molecule has 3 saturated heterocycles. The Balaban J connectivity index is 1.35. The lowest BCUT2D eigenvalue weighted by molar-refractivity contribution is -0.197. The Morgan fingerprint density at radius 3 is 2.67 bits per heavy atom. The molecule has 3 atom stereocenters. The number of imide groups is 1. The predicted molar refractivity (Wildman–Crippen MR) is 85.8 cm³/mol. The zero-order chi connectivity index (χ0) is 17.3. The Morgan fingerprint density at radius 2 is 1.96 bits per heavy atom. The van der Waals surface area contributed by atoms with Crippen LogP contribution in [0.3, 0.4) is 0 Å². The molecule has 3 aliphatic rings. The maximum atomic E-state index is 11.7. The van der Waals surface area contributed by atoms with E-state index in [1.54, 1.807) is 4.90 Å². The molecule has 0 aliphatic carbocycles. The molecule has 0 saturated carbocycles. The molecule has 1 N–H and O–H groups in total. The number of carbonyl (C=O) groups excluding carboxylic acids is 4. The Bertz CT molecular complexity index is 553. The highest BCUT2D eigenvalue weighted by molar-refractivity contribution is 8.00. The number of urea groups is 1. The van der Waals surface area contributed by atoms with Crippen LogP contribution in [0.1, 0.15) is 38.5 Å². The number of nitrogens with zero attached hydrogens (tertiary/aromatic N) is 2. The molecular formula is C15H21N3O5S. The Hall–Kier alpha value is -1.77. The molecule has 0 spiro atoms. The molecule has 0 bridgehead atoms. The van der Waals surface area contributed by atoms with E-state index in [0.29, 0.717) is 16.7 Å². The lowest BCUT2D eigenvalue weighted by Crippen LogP contribution is -2.37. The van der Waals surface area contributed by atoms with Crippen molar-refractivity contribution in [3.63, 3.8) is 0 Å². The molecule has 8 nitrogen and oxygen atoms in total. The molecule has 24 heavy (non-hydrogen) atoms. The smallest absolute Gasteiger partial charge is 0.332 e.